The van der Waals surface area contributed by atoms with Gasteiger partial charge in [0.2, 0.25) is 0 Å². The van der Waals surface area contributed by atoms with Crippen LogP contribution in [0.4, 0.5) is 15.8 Å². The summed E-state index contributed by atoms with van der Waals surface area (Å²) in [6, 6.07) is 3.49. The zero-order valence-electron chi connectivity index (χ0n) is 11.1. The van der Waals surface area contributed by atoms with Crippen LogP contribution in [-0.2, 0) is 0 Å². The highest BCUT2D eigenvalue weighted by Gasteiger charge is 2.25. The molecule has 0 bridgehead atoms. The minimum atomic E-state index is -0.659. The predicted octanol–water partition coefficient (Wildman–Crippen LogP) is 2.94. The molecule has 6 heteroatoms. The molecule has 0 saturated carbocycles. The number of hydrogen-bond acceptors (Lipinski definition) is 4. The molecule has 106 valence electrons. The highest BCUT2D eigenvalue weighted by Crippen LogP contribution is 2.27. The maximum atomic E-state index is 13.7. The van der Waals surface area contributed by atoms with Crippen LogP contribution in [0.1, 0.15) is 26.7 Å². The molecular weight excluding hydrogens is 251 g/mol. The number of aliphatic hydroxyl groups is 1. The maximum Gasteiger partial charge on any atom is 0.272 e. The summed E-state index contributed by atoms with van der Waals surface area (Å²) in [5.74, 6) is -0.659. The van der Waals surface area contributed by atoms with Crippen LogP contribution in [0.5, 0.6) is 0 Å². The van der Waals surface area contributed by atoms with E-state index in [1.54, 1.807) is 0 Å². The van der Waals surface area contributed by atoms with Gasteiger partial charge in [-0.3, -0.25) is 10.1 Å². The molecule has 0 fully saturated rings. The molecule has 5 nitrogen and oxygen atoms in total. The van der Waals surface area contributed by atoms with E-state index in [0.29, 0.717) is 6.54 Å². The number of anilines is 1. The third-order valence-corrected chi connectivity index (χ3v) is 3.65. The van der Waals surface area contributed by atoms with E-state index >= 15 is 0 Å². The first kappa shape index (κ1) is 15.4. The summed E-state index contributed by atoms with van der Waals surface area (Å²) < 4.78 is 13.7. The fourth-order valence-electron chi connectivity index (χ4n) is 1.82. The highest BCUT2D eigenvalue weighted by atomic mass is 19.1. The van der Waals surface area contributed by atoms with Gasteiger partial charge in [-0.2, -0.15) is 0 Å². The van der Waals surface area contributed by atoms with Gasteiger partial charge in [0.25, 0.3) is 5.69 Å². The van der Waals surface area contributed by atoms with Crippen LogP contribution in [0.15, 0.2) is 18.2 Å². The Balaban J connectivity index is 2.80. The Morgan fingerprint density at radius 3 is 2.47 bits per heavy atom. The summed E-state index contributed by atoms with van der Waals surface area (Å²) in [6.07, 6.45) is 1.53. The molecule has 0 radical (unpaired) electrons. The number of benzene rings is 1. The smallest absolute Gasteiger partial charge is 0.272 e. The fraction of sp³-hybridized carbons (Fsp3) is 0.538. The lowest BCUT2D eigenvalue weighted by Crippen LogP contribution is -2.32. The Morgan fingerprint density at radius 1 is 1.42 bits per heavy atom. The monoisotopic (exact) mass is 270 g/mol. The zero-order valence-corrected chi connectivity index (χ0v) is 11.1. The van der Waals surface area contributed by atoms with Crippen molar-refractivity contribution in [2.24, 2.45) is 5.41 Å². The van der Waals surface area contributed by atoms with Crippen molar-refractivity contribution in [1.82, 2.24) is 0 Å². The van der Waals surface area contributed by atoms with Gasteiger partial charge in [-0.1, -0.05) is 13.8 Å². The van der Waals surface area contributed by atoms with E-state index in [-0.39, 0.29) is 23.4 Å². The highest BCUT2D eigenvalue weighted by molar-refractivity contribution is 5.50. The minimum Gasteiger partial charge on any atom is -0.396 e. The van der Waals surface area contributed by atoms with Crippen LogP contribution in [0.2, 0.25) is 0 Å². The van der Waals surface area contributed by atoms with Crippen molar-refractivity contribution in [3.05, 3.63) is 34.1 Å². The van der Waals surface area contributed by atoms with Crippen molar-refractivity contribution in [3.8, 4) is 0 Å². The first-order valence-corrected chi connectivity index (χ1v) is 6.26. The quantitative estimate of drug-likeness (QED) is 0.590. The second-order valence-corrected chi connectivity index (χ2v) is 4.64. The molecule has 1 aromatic rings. The molecule has 19 heavy (non-hydrogen) atoms. The molecule has 0 unspecified atom stereocenters. The molecule has 0 heterocycles. The zero-order chi connectivity index (χ0) is 14.5. The second kappa shape index (κ2) is 6.47. The number of hydrogen-bond donors (Lipinski definition) is 2. The van der Waals surface area contributed by atoms with Crippen LogP contribution in [0.25, 0.3) is 0 Å². The lowest BCUT2D eigenvalue weighted by atomic mass is 9.83. The van der Waals surface area contributed by atoms with E-state index in [2.05, 4.69) is 5.32 Å². The van der Waals surface area contributed by atoms with Crippen LogP contribution < -0.4 is 5.32 Å². The van der Waals surface area contributed by atoms with E-state index in [9.17, 15) is 19.6 Å². The maximum absolute atomic E-state index is 13.7. The number of nitrogens with one attached hydrogen (secondary N) is 1. The normalized spacial score (nSPS) is 11.4. The number of nitro groups is 1. The van der Waals surface area contributed by atoms with Crippen molar-refractivity contribution < 1.29 is 14.4 Å². The molecular formula is C13H19FN2O3. The standard InChI is InChI=1S/C13H19FN2O3/c1-3-13(4-2,9-17)8-15-12-6-5-10(16(18)19)7-11(12)14/h5-7,15,17H,3-4,8-9H2,1-2H3. The number of rotatable bonds is 7. The number of nitrogens with zero attached hydrogens (tertiary/aromatic N) is 1. The molecule has 0 aliphatic carbocycles. The Bertz CT molecular complexity index is 439. The van der Waals surface area contributed by atoms with Crippen LogP contribution >= 0.6 is 0 Å². The van der Waals surface area contributed by atoms with E-state index in [4.69, 9.17) is 0 Å². The lowest BCUT2D eigenvalue weighted by Gasteiger charge is -2.30. The summed E-state index contributed by atoms with van der Waals surface area (Å²) in [5, 5.41) is 22.8. The Morgan fingerprint density at radius 2 is 2.05 bits per heavy atom. The summed E-state index contributed by atoms with van der Waals surface area (Å²) >= 11 is 0. The summed E-state index contributed by atoms with van der Waals surface area (Å²) in [6.45, 7) is 4.37. The van der Waals surface area contributed by atoms with Gasteiger partial charge in [-0.15, -0.1) is 0 Å². The largest absolute Gasteiger partial charge is 0.396 e. The first-order chi connectivity index (χ1) is 8.98. The van der Waals surface area contributed by atoms with Crippen molar-refractivity contribution in [3.63, 3.8) is 0 Å². The van der Waals surface area contributed by atoms with Crippen molar-refractivity contribution in [2.75, 3.05) is 18.5 Å². The average Bonchev–Trinajstić information content (AvgIpc) is 2.42. The van der Waals surface area contributed by atoms with Crippen LogP contribution in [-0.4, -0.2) is 23.2 Å². The van der Waals surface area contributed by atoms with Gasteiger partial charge in [0, 0.05) is 18.0 Å². The average molecular weight is 270 g/mol. The number of halogens is 1. The number of non-ortho nitro benzene ring substituents is 1. The number of nitro benzene ring substituents is 1. The van der Waals surface area contributed by atoms with E-state index in [0.717, 1.165) is 18.9 Å². The SMILES string of the molecule is CCC(CC)(CO)CNc1ccc([N+](=O)[O-])cc1F. The second-order valence-electron chi connectivity index (χ2n) is 4.64. The number of aliphatic hydroxyl groups excluding tert-OH is 1. The summed E-state index contributed by atoms with van der Waals surface area (Å²) in [7, 11) is 0. The van der Waals surface area contributed by atoms with Crippen molar-refractivity contribution >= 4 is 11.4 Å². The van der Waals surface area contributed by atoms with Crippen LogP contribution in [0.3, 0.4) is 0 Å². The topological polar surface area (TPSA) is 75.4 Å². The van der Waals surface area contributed by atoms with Gasteiger partial charge in [-0.25, -0.2) is 4.39 Å². The first-order valence-electron chi connectivity index (χ1n) is 6.26. The van der Waals surface area contributed by atoms with Gasteiger partial charge in [0.1, 0.15) is 0 Å². The van der Waals surface area contributed by atoms with E-state index < -0.39 is 10.7 Å². The molecule has 0 aromatic heterocycles. The molecule has 0 saturated heterocycles. The summed E-state index contributed by atoms with van der Waals surface area (Å²) in [5.41, 5.74) is -0.360. The summed E-state index contributed by atoms with van der Waals surface area (Å²) in [4.78, 5) is 9.87. The van der Waals surface area contributed by atoms with Crippen LogP contribution in [0, 0.1) is 21.3 Å². The van der Waals surface area contributed by atoms with Gasteiger partial charge in [-0.05, 0) is 18.9 Å². The van der Waals surface area contributed by atoms with Gasteiger partial charge < -0.3 is 10.4 Å². The van der Waals surface area contributed by atoms with E-state index in [1.165, 1.54) is 12.1 Å². The Kier molecular flexibility index (Phi) is 5.23. The molecule has 2 N–H and O–H groups in total. The van der Waals surface area contributed by atoms with Crippen molar-refractivity contribution in [1.29, 1.82) is 0 Å². The van der Waals surface area contributed by atoms with Crippen molar-refractivity contribution in [2.45, 2.75) is 26.7 Å². The fourth-order valence-corrected chi connectivity index (χ4v) is 1.82. The third kappa shape index (κ3) is 3.64. The van der Waals surface area contributed by atoms with E-state index in [1.807, 2.05) is 13.8 Å². The molecule has 0 aliphatic heterocycles. The molecule has 0 atom stereocenters. The third-order valence-electron chi connectivity index (χ3n) is 3.65. The minimum absolute atomic E-state index is 0.0155. The Hall–Kier alpha value is -1.69. The Labute approximate surface area is 111 Å². The molecule has 0 aliphatic rings. The predicted molar refractivity (Wildman–Crippen MR) is 71.6 cm³/mol. The molecule has 1 aromatic carbocycles. The lowest BCUT2D eigenvalue weighted by molar-refractivity contribution is -0.385. The van der Waals surface area contributed by atoms with Gasteiger partial charge in [0.15, 0.2) is 5.82 Å². The molecule has 0 amide bonds. The molecule has 1 rings (SSSR count). The van der Waals surface area contributed by atoms with Gasteiger partial charge in [0.05, 0.1) is 23.3 Å². The van der Waals surface area contributed by atoms with Gasteiger partial charge >= 0.3 is 0 Å². The molecule has 0 spiro atoms.